The molecule has 0 saturated carbocycles. The van der Waals surface area contributed by atoms with Crippen LogP contribution in [0.25, 0.3) is 0 Å². The summed E-state index contributed by atoms with van der Waals surface area (Å²) in [6, 6.07) is 11.0. The molecule has 1 saturated heterocycles. The van der Waals surface area contributed by atoms with E-state index in [0.717, 1.165) is 6.32 Å². The molecule has 92 valence electrons. The molecule has 3 heteroatoms. The van der Waals surface area contributed by atoms with Gasteiger partial charge in [-0.3, -0.25) is 0 Å². The maximum Gasteiger partial charge on any atom is 0.383 e. The Labute approximate surface area is 105 Å². The first-order valence-corrected chi connectivity index (χ1v) is 6.66. The smallest absolute Gasteiger partial charge is 0.383 e. The number of nitrogens with zero attached hydrogens (tertiary/aromatic N) is 1. The van der Waals surface area contributed by atoms with Gasteiger partial charge in [-0.25, -0.2) is 0 Å². The molecule has 1 aliphatic heterocycles. The largest absolute Gasteiger partial charge is 0.413 e. The lowest BCUT2D eigenvalue weighted by atomic mass is 9.75. The van der Waals surface area contributed by atoms with Crippen LogP contribution in [0.5, 0.6) is 0 Å². The van der Waals surface area contributed by atoms with E-state index in [9.17, 15) is 0 Å². The minimum absolute atomic E-state index is 0.225. The number of rotatable bonds is 4. The van der Waals surface area contributed by atoms with E-state index in [0.29, 0.717) is 6.04 Å². The first-order chi connectivity index (χ1) is 8.24. The van der Waals surface area contributed by atoms with E-state index in [1.807, 2.05) is 0 Å². The van der Waals surface area contributed by atoms with Gasteiger partial charge in [-0.1, -0.05) is 50.1 Å². The molecule has 0 spiro atoms. The fourth-order valence-electron chi connectivity index (χ4n) is 2.50. The average Bonchev–Trinajstić information content (AvgIpc) is 2.65. The molecular formula is C14H22BNO. The molecule has 2 rings (SSSR count). The maximum atomic E-state index is 6.20. The Hall–Kier alpha value is -0.795. The van der Waals surface area contributed by atoms with E-state index < -0.39 is 0 Å². The fourth-order valence-corrected chi connectivity index (χ4v) is 2.50. The van der Waals surface area contributed by atoms with Crippen molar-refractivity contribution in [1.82, 2.24) is 4.81 Å². The number of hydrogen-bond donors (Lipinski definition) is 0. The summed E-state index contributed by atoms with van der Waals surface area (Å²) in [6.45, 7) is 4.48. The lowest BCUT2D eigenvalue weighted by molar-refractivity contribution is 0.209. The van der Waals surface area contributed by atoms with Crippen LogP contribution in [-0.4, -0.2) is 25.0 Å². The van der Waals surface area contributed by atoms with Gasteiger partial charge < -0.3 is 9.47 Å². The molecule has 1 aromatic carbocycles. The lowest BCUT2D eigenvalue weighted by Crippen LogP contribution is -2.35. The van der Waals surface area contributed by atoms with Crippen LogP contribution in [0.15, 0.2) is 30.3 Å². The predicted molar refractivity (Wildman–Crippen MR) is 73.0 cm³/mol. The summed E-state index contributed by atoms with van der Waals surface area (Å²) in [5, 5.41) is 0. The first kappa shape index (κ1) is 12.7. The van der Waals surface area contributed by atoms with E-state index in [1.165, 1.54) is 18.4 Å². The van der Waals surface area contributed by atoms with Crippen molar-refractivity contribution in [3.63, 3.8) is 0 Å². The number of hydrogen-bond acceptors (Lipinski definition) is 2. The van der Waals surface area contributed by atoms with Crippen molar-refractivity contribution >= 4 is 7.05 Å². The van der Waals surface area contributed by atoms with Crippen molar-refractivity contribution in [2.24, 2.45) is 0 Å². The summed E-state index contributed by atoms with van der Waals surface area (Å²) < 4.78 is 6.20. The van der Waals surface area contributed by atoms with Crippen LogP contribution >= 0.6 is 0 Å². The zero-order chi connectivity index (χ0) is 12.3. The number of benzene rings is 1. The summed E-state index contributed by atoms with van der Waals surface area (Å²) in [6.07, 6.45) is 3.84. The van der Waals surface area contributed by atoms with Gasteiger partial charge in [0.2, 0.25) is 0 Å². The molecule has 2 nitrogen and oxygen atoms in total. The molecular weight excluding hydrogens is 209 g/mol. The Bertz CT molecular complexity index is 343. The molecule has 0 radical (unpaired) electrons. The number of likely N-dealkylation sites (N-methyl/N-ethyl adjacent to an activating group) is 1. The summed E-state index contributed by atoms with van der Waals surface area (Å²) in [7, 11) is 2.46. The van der Waals surface area contributed by atoms with Gasteiger partial charge in [0, 0.05) is 6.04 Å². The molecule has 1 aliphatic rings. The summed E-state index contributed by atoms with van der Waals surface area (Å²) in [5.74, 6) is 0. The van der Waals surface area contributed by atoms with Crippen LogP contribution in [0.4, 0.5) is 0 Å². The molecule has 17 heavy (non-hydrogen) atoms. The topological polar surface area (TPSA) is 12.5 Å². The second-order valence-corrected chi connectivity index (χ2v) is 4.97. The quantitative estimate of drug-likeness (QED) is 0.736. The Balaban J connectivity index is 2.06. The van der Waals surface area contributed by atoms with Gasteiger partial charge in [-0.15, -0.1) is 0 Å². The van der Waals surface area contributed by atoms with Gasteiger partial charge in [-0.05, 0) is 25.9 Å². The molecule has 0 unspecified atom stereocenters. The van der Waals surface area contributed by atoms with Gasteiger partial charge in [0.25, 0.3) is 0 Å². The molecule has 1 aromatic rings. The van der Waals surface area contributed by atoms with E-state index in [4.69, 9.17) is 4.65 Å². The van der Waals surface area contributed by atoms with Crippen molar-refractivity contribution in [3.05, 3.63) is 35.9 Å². The highest BCUT2D eigenvalue weighted by molar-refractivity contribution is 6.49. The molecule has 1 heterocycles. The highest BCUT2D eigenvalue weighted by Crippen LogP contribution is 2.33. The monoisotopic (exact) mass is 231 g/mol. The first-order valence-electron chi connectivity index (χ1n) is 6.66. The predicted octanol–water partition coefficient (Wildman–Crippen LogP) is 3.37. The third-order valence-electron chi connectivity index (χ3n) is 3.77. The van der Waals surface area contributed by atoms with Crippen LogP contribution < -0.4 is 0 Å². The lowest BCUT2D eigenvalue weighted by Gasteiger charge is -2.20. The summed E-state index contributed by atoms with van der Waals surface area (Å²) in [5.41, 5.74) is 1.30. The molecule has 2 atom stereocenters. The zero-order valence-electron chi connectivity index (χ0n) is 11.1. The molecule has 1 fully saturated rings. The normalized spacial score (nSPS) is 25.5. The highest BCUT2D eigenvalue weighted by atomic mass is 16.5. The van der Waals surface area contributed by atoms with E-state index in [1.54, 1.807) is 0 Å². The fraction of sp³-hybridized carbons (Fsp3) is 0.571. The minimum atomic E-state index is 0.225. The second kappa shape index (κ2) is 5.70. The van der Waals surface area contributed by atoms with Gasteiger partial charge in [0.1, 0.15) is 0 Å². The Morgan fingerprint density at radius 3 is 2.65 bits per heavy atom. The Kier molecular flexibility index (Phi) is 4.24. The van der Waals surface area contributed by atoms with E-state index in [2.05, 4.69) is 56.0 Å². The number of unbranched alkanes of at least 4 members (excludes halogenated alkanes) is 1. The van der Waals surface area contributed by atoms with Gasteiger partial charge >= 0.3 is 7.05 Å². The summed E-state index contributed by atoms with van der Waals surface area (Å²) in [4.78, 5) is 2.37. The van der Waals surface area contributed by atoms with Crippen LogP contribution in [0, 0.1) is 0 Å². The second-order valence-electron chi connectivity index (χ2n) is 4.97. The van der Waals surface area contributed by atoms with Crippen molar-refractivity contribution in [2.75, 3.05) is 7.05 Å². The summed E-state index contributed by atoms with van der Waals surface area (Å²) >= 11 is 0. The van der Waals surface area contributed by atoms with Crippen molar-refractivity contribution < 1.29 is 4.65 Å². The third-order valence-corrected chi connectivity index (χ3v) is 3.77. The van der Waals surface area contributed by atoms with Crippen LogP contribution in [0.3, 0.4) is 0 Å². The van der Waals surface area contributed by atoms with Crippen molar-refractivity contribution in [3.8, 4) is 0 Å². The maximum absolute atomic E-state index is 6.20. The van der Waals surface area contributed by atoms with Crippen LogP contribution in [0.1, 0.15) is 38.4 Å². The Morgan fingerprint density at radius 1 is 1.29 bits per heavy atom. The van der Waals surface area contributed by atoms with Crippen LogP contribution in [-0.2, 0) is 4.65 Å². The zero-order valence-corrected chi connectivity index (χ0v) is 11.1. The van der Waals surface area contributed by atoms with E-state index in [-0.39, 0.29) is 13.2 Å². The van der Waals surface area contributed by atoms with E-state index >= 15 is 0 Å². The van der Waals surface area contributed by atoms with Gasteiger partial charge in [0.05, 0.1) is 6.10 Å². The van der Waals surface area contributed by atoms with Crippen molar-refractivity contribution in [2.45, 2.75) is 45.2 Å². The molecule has 0 N–H and O–H groups in total. The van der Waals surface area contributed by atoms with Gasteiger partial charge in [0.15, 0.2) is 0 Å². The third kappa shape index (κ3) is 2.72. The minimum Gasteiger partial charge on any atom is -0.413 e. The SMILES string of the molecule is CCCCB1O[C@@H](c2ccccc2)[C@@H](C)N1C. The highest BCUT2D eigenvalue weighted by Gasteiger charge is 2.40. The van der Waals surface area contributed by atoms with Crippen molar-refractivity contribution in [1.29, 1.82) is 0 Å². The van der Waals surface area contributed by atoms with Gasteiger partial charge in [-0.2, -0.15) is 0 Å². The molecule has 0 aliphatic carbocycles. The molecule has 0 aromatic heterocycles. The molecule has 0 amide bonds. The Morgan fingerprint density at radius 2 is 2.00 bits per heavy atom. The van der Waals surface area contributed by atoms with Crippen LogP contribution in [0.2, 0.25) is 6.32 Å². The average molecular weight is 231 g/mol. The standard InChI is InChI=1S/C14H22BNO/c1-4-5-11-15-16(3)12(2)14(17-15)13-9-7-6-8-10-13/h6-10,12,14H,4-5,11H2,1-3H3/t12-,14-/m1/s1. The molecule has 0 bridgehead atoms.